The van der Waals surface area contributed by atoms with Gasteiger partial charge in [0.25, 0.3) is 0 Å². The van der Waals surface area contributed by atoms with Crippen LogP contribution < -0.4 is 10.6 Å². The zero-order valence-corrected chi connectivity index (χ0v) is 20.9. The molecule has 2 aromatic rings. The van der Waals surface area contributed by atoms with Crippen molar-refractivity contribution in [2.75, 3.05) is 13.6 Å². The SMILES string of the molecule is CN=C(NCc1nc(C(F)(F)F)cs1)NCc1ccccc1CN1CCCCC1C.I. The fourth-order valence-corrected chi connectivity index (χ4v) is 4.32. The van der Waals surface area contributed by atoms with Crippen molar-refractivity contribution in [3.05, 3.63) is 51.5 Å². The minimum Gasteiger partial charge on any atom is -0.352 e. The molecule has 1 fully saturated rings. The number of thiazole rings is 1. The highest BCUT2D eigenvalue weighted by atomic mass is 127. The van der Waals surface area contributed by atoms with E-state index in [1.807, 2.05) is 6.07 Å². The summed E-state index contributed by atoms with van der Waals surface area (Å²) in [6.07, 6.45) is -0.630. The van der Waals surface area contributed by atoms with Gasteiger partial charge in [0.1, 0.15) is 5.01 Å². The molecule has 10 heteroatoms. The number of likely N-dealkylation sites (tertiary alicyclic amines) is 1. The molecule has 3 rings (SSSR count). The van der Waals surface area contributed by atoms with Crippen LogP contribution in [0.3, 0.4) is 0 Å². The van der Waals surface area contributed by atoms with Gasteiger partial charge in [0, 0.05) is 31.6 Å². The highest BCUT2D eigenvalue weighted by molar-refractivity contribution is 14.0. The first-order chi connectivity index (χ1) is 14.4. The molecule has 31 heavy (non-hydrogen) atoms. The average Bonchev–Trinajstić information content (AvgIpc) is 3.20. The maximum absolute atomic E-state index is 12.7. The summed E-state index contributed by atoms with van der Waals surface area (Å²) in [5, 5.41) is 7.69. The van der Waals surface area contributed by atoms with Crippen LogP contribution in [0.4, 0.5) is 13.2 Å². The van der Waals surface area contributed by atoms with E-state index in [0.29, 0.717) is 23.6 Å². The van der Waals surface area contributed by atoms with Gasteiger partial charge in [-0.05, 0) is 37.4 Å². The molecule has 2 N–H and O–H groups in total. The number of alkyl halides is 3. The summed E-state index contributed by atoms with van der Waals surface area (Å²) < 4.78 is 38.1. The van der Waals surface area contributed by atoms with E-state index in [0.717, 1.165) is 29.8 Å². The van der Waals surface area contributed by atoms with Crippen LogP contribution in [-0.2, 0) is 25.8 Å². The lowest BCUT2D eigenvalue weighted by Gasteiger charge is -2.33. The van der Waals surface area contributed by atoms with Gasteiger partial charge in [0.15, 0.2) is 11.7 Å². The number of halogens is 4. The Kier molecular flexibility index (Phi) is 10.0. The molecule has 1 aliphatic heterocycles. The van der Waals surface area contributed by atoms with Crippen LogP contribution in [0.5, 0.6) is 0 Å². The van der Waals surface area contributed by atoms with E-state index in [1.165, 1.54) is 30.4 Å². The molecule has 172 valence electrons. The van der Waals surface area contributed by atoms with Crippen LogP contribution in [0.25, 0.3) is 0 Å². The van der Waals surface area contributed by atoms with Crippen molar-refractivity contribution >= 4 is 41.3 Å². The van der Waals surface area contributed by atoms with Crippen LogP contribution in [0.1, 0.15) is 48.0 Å². The van der Waals surface area contributed by atoms with E-state index in [4.69, 9.17) is 0 Å². The van der Waals surface area contributed by atoms with Crippen LogP contribution >= 0.6 is 35.3 Å². The minimum absolute atomic E-state index is 0. The highest BCUT2D eigenvalue weighted by Gasteiger charge is 2.33. The van der Waals surface area contributed by atoms with Crippen molar-refractivity contribution in [1.29, 1.82) is 0 Å². The van der Waals surface area contributed by atoms with E-state index in [-0.39, 0.29) is 30.5 Å². The lowest BCUT2D eigenvalue weighted by atomic mass is 10.0. The molecule has 1 saturated heterocycles. The molecule has 0 spiro atoms. The Labute approximate surface area is 202 Å². The van der Waals surface area contributed by atoms with Gasteiger partial charge >= 0.3 is 6.18 Å². The summed E-state index contributed by atoms with van der Waals surface area (Å²) in [7, 11) is 1.64. The van der Waals surface area contributed by atoms with Crippen LogP contribution in [0.2, 0.25) is 0 Å². The Morgan fingerprint density at radius 1 is 1.19 bits per heavy atom. The molecule has 0 saturated carbocycles. The predicted octanol–water partition coefficient (Wildman–Crippen LogP) is 5.02. The molecule has 5 nitrogen and oxygen atoms in total. The third-order valence-electron chi connectivity index (χ3n) is 5.35. The molecule has 1 aliphatic rings. The predicted molar refractivity (Wildman–Crippen MR) is 130 cm³/mol. The number of aliphatic imine (C=N–C) groups is 1. The van der Waals surface area contributed by atoms with Gasteiger partial charge in [0.2, 0.25) is 0 Å². The Morgan fingerprint density at radius 2 is 1.90 bits per heavy atom. The normalized spacial score (nSPS) is 17.8. The standard InChI is InChI=1S/C21H28F3N5S.HI/c1-15-7-5-6-10-29(15)13-17-9-4-3-8-16(17)11-26-20(25-2)27-12-19-28-18(14-30-19)21(22,23)24;/h3-4,8-9,14-15H,5-7,10-13H2,1-2H3,(H2,25,26,27);1H. The average molecular weight is 567 g/mol. The summed E-state index contributed by atoms with van der Waals surface area (Å²) in [5.74, 6) is 0.528. The maximum atomic E-state index is 12.7. The summed E-state index contributed by atoms with van der Waals surface area (Å²) in [4.78, 5) is 10.3. The topological polar surface area (TPSA) is 52.6 Å². The molecule has 0 amide bonds. The summed E-state index contributed by atoms with van der Waals surface area (Å²) in [6, 6.07) is 8.92. The summed E-state index contributed by atoms with van der Waals surface area (Å²) in [5.41, 5.74) is 1.61. The van der Waals surface area contributed by atoms with Crippen molar-refractivity contribution in [2.45, 2.75) is 58.0 Å². The number of aromatic nitrogens is 1. The van der Waals surface area contributed by atoms with Gasteiger partial charge in [0.05, 0.1) is 6.54 Å². The zero-order valence-electron chi connectivity index (χ0n) is 17.7. The molecular formula is C21H29F3IN5S. The Morgan fingerprint density at radius 3 is 2.55 bits per heavy atom. The van der Waals surface area contributed by atoms with Gasteiger partial charge < -0.3 is 10.6 Å². The van der Waals surface area contributed by atoms with Crippen LogP contribution in [0.15, 0.2) is 34.6 Å². The van der Waals surface area contributed by atoms with Crippen molar-refractivity contribution in [3.8, 4) is 0 Å². The van der Waals surface area contributed by atoms with E-state index in [2.05, 4.69) is 50.6 Å². The largest absolute Gasteiger partial charge is 0.434 e. The van der Waals surface area contributed by atoms with Gasteiger partial charge in [-0.15, -0.1) is 35.3 Å². The highest BCUT2D eigenvalue weighted by Crippen LogP contribution is 2.29. The first-order valence-electron chi connectivity index (χ1n) is 10.1. The lowest BCUT2D eigenvalue weighted by molar-refractivity contribution is -0.140. The number of nitrogens with one attached hydrogen (secondary N) is 2. The zero-order chi connectivity index (χ0) is 21.6. The second-order valence-corrected chi connectivity index (χ2v) is 8.43. The number of guanidine groups is 1. The van der Waals surface area contributed by atoms with E-state index < -0.39 is 11.9 Å². The van der Waals surface area contributed by atoms with Crippen molar-refractivity contribution in [1.82, 2.24) is 20.5 Å². The molecule has 0 radical (unpaired) electrons. The molecule has 1 aromatic heterocycles. The summed E-state index contributed by atoms with van der Waals surface area (Å²) >= 11 is 0.983. The van der Waals surface area contributed by atoms with E-state index in [1.54, 1.807) is 7.05 Å². The minimum atomic E-state index is -4.41. The number of nitrogens with zero attached hydrogens (tertiary/aromatic N) is 3. The Balaban J connectivity index is 0.00000341. The van der Waals surface area contributed by atoms with Crippen molar-refractivity contribution in [3.63, 3.8) is 0 Å². The molecule has 0 aliphatic carbocycles. The van der Waals surface area contributed by atoms with Crippen molar-refractivity contribution < 1.29 is 13.2 Å². The fraction of sp³-hybridized carbons (Fsp3) is 0.524. The molecule has 1 atom stereocenters. The van der Waals surface area contributed by atoms with E-state index in [9.17, 15) is 13.2 Å². The van der Waals surface area contributed by atoms with Crippen LogP contribution in [0, 0.1) is 0 Å². The van der Waals surface area contributed by atoms with Gasteiger partial charge in [-0.1, -0.05) is 30.7 Å². The first kappa shape index (κ1) is 25.9. The third kappa shape index (κ3) is 7.60. The quantitative estimate of drug-likeness (QED) is 0.293. The monoisotopic (exact) mass is 567 g/mol. The number of benzene rings is 1. The molecule has 1 aromatic carbocycles. The maximum Gasteiger partial charge on any atom is 0.434 e. The second-order valence-electron chi connectivity index (χ2n) is 7.49. The smallest absolute Gasteiger partial charge is 0.352 e. The lowest BCUT2D eigenvalue weighted by Crippen LogP contribution is -2.38. The second kappa shape index (κ2) is 12.0. The Hall–Kier alpha value is -1.40. The summed E-state index contributed by atoms with van der Waals surface area (Å²) in [6.45, 7) is 5.11. The van der Waals surface area contributed by atoms with Gasteiger partial charge in [-0.3, -0.25) is 9.89 Å². The van der Waals surface area contributed by atoms with Gasteiger partial charge in [-0.25, -0.2) is 4.98 Å². The number of hydrogen-bond acceptors (Lipinski definition) is 4. The van der Waals surface area contributed by atoms with Crippen LogP contribution in [-0.4, -0.2) is 35.5 Å². The van der Waals surface area contributed by atoms with E-state index >= 15 is 0 Å². The molecular weight excluding hydrogens is 538 g/mol. The molecule has 0 bridgehead atoms. The van der Waals surface area contributed by atoms with Crippen molar-refractivity contribution in [2.24, 2.45) is 4.99 Å². The first-order valence-corrected chi connectivity index (χ1v) is 11.0. The van der Waals surface area contributed by atoms with Gasteiger partial charge in [-0.2, -0.15) is 13.2 Å². The molecule has 1 unspecified atom stereocenters. The number of piperidine rings is 1. The third-order valence-corrected chi connectivity index (χ3v) is 6.20. The molecule has 2 heterocycles. The fourth-order valence-electron chi connectivity index (χ4n) is 3.58. The number of rotatable bonds is 6. The number of hydrogen-bond donors (Lipinski definition) is 2. The Bertz CT molecular complexity index is 856.